The number of hydrogen-bond acceptors (Lipinski definition) is 4. The molecule has 0 aromatic carbocycles. The first-order valence-electron chi connectivity index (χ1n) is 6.48. The average Bonchev–Trinajstić information content (AvgIpc) is 2.29. The molecule has 7 nitrogen and oxygen atoms in total. The maximum Gasteiger partial charge on any atom is 0.321 e. The van der Waals surface area contributed by atoms with Gasteiger partial charge >= 0.3 is 6.03 Å². The Bertz CT molecular complexity index is 316. The molecule has 0 radical (unpaired) electrons. The van der Waals surface area contributed by atoms with E-state index < -0.39 is 11.9 Å². The summed E-state index contributed by atoms with van der Waals surface area (Å²) in [4.78, 5) is 37.7. The van der Waals surface area contributed by atoms with Gasteiger partial charge < -0.3 is 10.2 Å². The van der Waals surface area contributed by atoms with Crippen molar-refractivity contribution in [2.45, 2.75) is 20.8 Å². The Morgan fingerprint density at radius 3 is 2.05 bits per heavy atom. The van der Waals surface area contributed by atoms with Crippen molar-refractivity contribution in [2.24, 2.45) is 0 Å². The molecule has 0 spiro atoms. The lowest BCUT2D eigenvalue weighted by Gasteiger charge is -2.22. The summed E-state index contributed by atoms with van der Waals surface area (Å²) in [7, 11) is 1.67. The second-order valence-corrected chi connectivity index (χ2v) is 4.15. The number of nitrogens with one attached hydrogen (secondary N) is 2. The summed E-state index contributed by atoms with van der Waals surface area (Å²) in [5.41, 5.74) is 0. The standard InChI is InChI=1S/C12H24N4O3/c1-5-13-12(19)14-10(17)8-15(4)9-11(18)16(6-2)7-3/h5-9H2,1-4H3,(H2,13,14,17,19). The summed E-state index contributed by atoms with van der Waals surface area (Å²) in [6.45, 7) is 7.48. The summed E-state index contributed by atoms with van der Waals surface area (Å²) < 4.78 is 0. The van der Waals surface area contributed by atoms with Gasteiger partial charge in [-0.05, 0) is 27.8 Å². The van der Waals surface area contributed by atoms with Gasteiger partial charge in [-0.1, -0.05) is 0 Å². The van der Waals surface area contributed by atoms with Gasteiger partial charge in [-0.2, -0.15) is 0 Å². The molecular formula is C12H24N4O3. The van der Waals surface area contributed by atoms with E-state index in [1.807, 2.05) is 13.8 Å². The van der Waals surface area contributed by atoms with Crippen LogP contribution in [0.3, 0.4) is 0 Å². The zero-order chi connectivity index (χ0) is 14.8. The molecule has 0 aliphatic heterocycles. The number of rotatable bonds is 7. The van der Waals surface area contributed by atoms with Crippen molar-refractivity contribution in [2.75, 3.05) is 39.8 Å². The van der Waals surface area contributed by atoms with Crippen LogP contribution in [0, 0.1) is 0 Å². The number of imide groups is 1. The number of nitrogens with zero attached hydrogens (tertiary/aromatic N) is 2. The van der Waals surface area contributed by atoms with Gasteiger partial charge in [0.1, 0.15) is 0 Å². The van der Waals surface area contributed by atoms with Crippen LogP contribution in [0.15, 0.2) is 0 Å². The zero-order valence-electron chi connectivity index (χ0n) is 12.2. The van der Waals surface area contributed by atoms with E-state index in [4.69, 9.17) is 0 Å². The summed E-state index contributed by atoms with van der Waals surface area (Å²) in [5.74, 6) is -0.459. The van der Waals surface area contributed by atoms with Crippen LogP contribution in [-0.2, 0) is 9.59 Å². The second-order valence-electron chi connectivity index (χ2n) is 4.15. The largest absolute Gasteiger partial charge is 0.342 e. The minimum Gasteiger partial charge on any atom is -0.342 e. The quantitative estimate of drug-likeness (QED) is 0.662. The molecule has 110 valence electrons. The summed E-state index contributed by atoms with van der Waals surface area (Å²) >= 11 is 0. The number of hydrogen-bond donors (Lipinski definition) is 2. The number of urea groups is 1. The molecule has 0 heterocycles. The van der Waals surface area contributed by atoms with Crippen LogP contribution >= 0.6 is 0 Å². The average molecular weight is 272 g/mol. The fraction of sp³-hybridized carbons (Fsp3) is 0.750. The third kappa shape index (κ3) is 7.40. The Kier molecular flexibility index (Phi) is 8.52. The molecule has 0 fully saturated rings. The molecule has 0 aliphatic carbocycles. The predicted octanol–water partition coefficient (Wildman–Crippen LogP) is -0.368. The minimum atomic E-state index is -0.518. The second kappa shape index (κ2) is 9.32. The highest BCUT2D eigenvalue weighted by molar-refractivity contribution is 5.95. The van der Waals surface area contributed by atoms with Gasteiger partial charge in [-0.15, -0.1) is 0 Å². The van der Waals surface area contributed by atoms with E-state index in [1.54, 1.807) is 23.8 Å². The number of carbonyl (C=O) groups is 3. The van der Waals surface area contributed by atoms with Crippen LogP contribution in [0.5, 0.6) is 0 Å². The highest BCUT2D eigenvalue weighted by atomic mass is 16.2. The van der Waals surface area contributed by atoms with E-state index in [0.29, 0.717) is 19.6 Å². The number of likely N-dealkylation sites (N-methyl/N-ethyl adjacent to an activating group) is 2. The van der Waals surface area contributed by atoms with Crippen molar-refractivity contribution in [3.8, 4) is 0 Å². The molecule has 0 saturated carbocycles. The van der Waals surface area contributed by atoms with Gasteiger partial charge in [-0.25, -0.2) is 4.79 Å². The van der Waals surface area contributed by atoms with Crippen LogP contribution in [0.4, 0.5) is 4.79 Å². The van der Waals surface area contributed by atoms with Gasteiger partial charge in [0.05, 0.1) is 13.1 Å². The predicted molar refractivity (Wildman–Crippen MR) is 72.6 cm³/mol. The summed E-state index contributed by atoms with van der Waals surface area (Å²) in [6, 6.07) is -0.518. The number of amides is 4. The lowest BCUT2D eigenvalue weighted by molar-refractivity contribution is -0.132. The molecule has 0 aliphatic rings. The van der Waals surface area contributed by atoms with E-state index in [0.717, 1.165) is 0 Å². The molecule has 0 aromatic rings. The first-order chi connectivity index (χ1) is 8.94. The van der Waals surface area contributed by atoms with Crippen molar-refractivity contribution in [1.29, 1.82) is 0 Å². The molecule has 7 heteroatoms. The topological polar surface area (TPSA) is 81.8 Å². The molecule has 2 N–H and O–H groups in total. The normalized spacial score (nSPS) is 10.2. The fourth-order valence-electron chi connectivity index (χ4n) is 1.58. The molecule has 0 bridgehead atoms. The third-order valence-electron chi connectivity index (χ3n) is 2.53. The van der Waals surface area contributed by atoms with Gasteiger partial charge in [0.25, 0.3) is 0 Å². The van der Waals surface area contributed by atoms with Gasteiger partial charge in [0, 0.05) is 19.6 Å². The lowest BCUT2D eigenvalue weighted by Crippen LogP contribution is -2.46. The summed E-state index contributed by atoms with van der Waals surface area (Å²) in [6.07, 6.45) is 0. The van der Waals surface area contributed by atoms with Crippen LogP contribution in [0.25, 0.3) is 0 Å². The van der Waals surface area contributed by atoms with Crippen molar-refractivity contribution >= 4 is 17.8 Å². The first-order valence-corrected chi connectivity index (χ1v) is 6.48. The molecule has 0 aromatic heterocycles. The van der Waals surface area contributed by atoms with E-state index in [2.05, 4.69) is 10.6 Å². The summed E-state index contributed by atoms with van der Waals surface area (Å²) in [5, 5.41) is 4.65. The molecule has 0 rings (SSSR count). The maximum atomic E-state index is 11.8. The smallest absolute Gasteiger partial charge is 0.321 e. The van der Waals surface area contributed by atoms with Crippen LogP contribution in [-0.4, -0.2) is 67.4 Å². The Balaban J connectivity index is 4.09. The van der Waals surface area contributed by atoms with Crippen molar-refractivity contribution in [3.05, 3.63) is 0 Å². The van der Waals surface area contributed by atoms with Gasteiger partial charge in [0.15, 0.2) is 0 Å². The molecule has 19 heavy (non-hydrogen) atoms. The zero-order valence-corrected chi connectivity index (χ0v) is 12.2. The van der Waals surface area contributed by atoms with E-state index in [1.165, 1.54) is 0 Å². The Labute approximate surface area is 114 Å². The van der Waals surface area contributed by atoms with Crippen LogP contribution in [0.2, 0.25) is 0 Å². The molecule has 0 unspecified atom stereocenters. The van der Waals surface area contributed by atoms with Gasteiger partial charge in [-0.3, -0.25) is 19.8 Å². The van der Waals surface area contributed by atoms with Gasteiger partial charge in [0.2, 0.25) is 11.8 Å². The molecule has 4 amide bonds. The Morgan fingerprint density at radius 2 is 1.58 bits per heavy atom. The Hall–Kier alpha value is -1.63. The third-order valence-corrected chi connectivity index (χ3v) is 2.53. The van der Waals surface area contributed by atoms with Crippen LogP contribution in [0.1, 0.15) is 20.8 Å². The highest BCUT2D eigenvalue weighted by Gasteiger charge is 2.15. The number of carbonyl (C=O) groups excluding carboxylic acids is 3. The van der Waals surface area contributed by atoms with Crippen LogP contribution < -0.4 is 10.6 Å². The van der Waals surface area contributed by atoms with Crippen molar-refractivity contribution in [3.63, 3.8) is 0 Å². The SMILES string of the molecule is CCNC(=O)NC(=O)CN(C)CC(=O)N(CC)CC. The molecule has 0 atom stereocenters. The fourth-order valence-corrected chi connectivity index (χ4v) is 1.58. The molecule has 0 saturated heterocycles. The van der Waals surface area contributed by atoms with Crippen molar-refractivity contribution in [1.82, 2.24) is 20.4 Å². The monoisotopic (exact) mass is 272 g/mol. The lowest BCUT2D eigenvalue weighted by atomic mass is 10.4. The van der Waals surface area contributed by atoms with Crippen molar-refractivity contribution < 1.29 is 14.4 Å². The maximum absolute atomic E-state index is 11.8. The van der Waals surface area contributed by atoms with E-state index in [-0.39, 0.29) is 19.0 Å². The van der Waals surface area contributed by atoms with E-state index in [9.17, 15) is 14.4 Å². The Morgan fingerprint density at radius 1 is 1.00 bits per heavy atom. The molecular weight excluding hydrogens is 248 g/mol. The highest BCUT2D eigenvalue weighted by Crippen LogP contribution is 1.92. The van der Waals surface area contributed by atoms with E-state index >= 15 is 0 Å². The minimum absolute atomic E-state index is 0.00411. The first kappa shape index (κ1) is 17.4.